The molecule has 0 aromatic heterocycles. The molecule has 2 aromatic rings. The first-order valence-electron chi connectivity index (χ1n) is 7.40. The van der Waals surface area contributed by atoms with Crippen LogP contribution in [-0.4, -0.2) is 19.8 Å². The smallest absolute Gasteiger partial charge is 0.122 e. The molecule has 3 heteroatoms. The van der Waals surface area contributed by atoms with Gasteiger partial charge in [-0.25, -0.2) is 0 Å². The normalized spacial score (nSPS) is 14.2. The summed E-state index contributed by atoms with van der Waals surface area (Å²) in [5, 5.41) is 3.56. The van der Waals surface area contributed by atoms with Gasteiger partial charge in [0.2, 0.25) is 0 Å². The van der Waals surface area contributed by atoms with E-state index in [1.54, 1.807) is 7.11 Å². The number of anilines is 1. The van der Waals surface area contributed by atoms with Gasteiger partial charge in [-0.15, -0.1) is 0 Å². The molecule has 0 fully saturated rings. The fourth-order valence-corrected chi connectivity index (χ4v) is 2.73. The van der Waals surface area contributed by atoms with Gasteiger partial charge in [-0.1, -0.05) is 12.1 Å². The average molecular weight is 283 g/mol. The van der Waals surface area contributed by atoms with E-state index in [1.165, 1.54) is 16.8 Å². The molecule has 3 rings (SSSR count). The summed E-state index contributed by atoms with van der Waals surface area (Å²) in [6, 6.07) is 15.0. The van der Waals surface area contributed by atoms with Crippen LogP contribution in [0.3, 0.4) is 0 Å². The van der Waals surface area contributed by atoms with Gasteiger partial charge in [0.25, 0.3) is 0 Å². The average Bonchev–Trinajstić information content (AvgIpc) is 2.95. The van der Waals surface area contributed by atoms with Gasteiger partial charge in [0, 0.05) is 18.2 Å². The first kappa shape index (κ1) is 13.8. The molecule has 0 saturated heterocycles. The lowest BCUT2D eigenvalue weighted by Gasteiger charge is -2.16. The monoisotopic (exact) mass is 283 g/mol. The molecule has 2 aromatic carbocycles. The molecule has 1 heterocycles. The van der Waals surface area contributed by atoms with Crippen LogP contribution in [0.5, 0.6) is 11.5 Å². The van der Waals surface area contributed by atoms with Crippen LogP contribution >= 0.6 is 0 Å². The topological polar surface area (TPSA) is 30.5 Å². The third-order valence-electron chi connectivity index (χ3n) is 3.80. The van der Waals surface area contributed by atoms with Gasteiger partial charge in [-0.05, 0) is 54.8 Å². The highest BCUT2D eigenvalue weighted by Crippen LogP contribution is 2.28. The molecule has 0 aliphatic carbocycles. The molecule has 110 valence electrons. The largest absolute Gasteiger partial charge is 0.497 e. The SMILES string of the molecule is COc1ccc(CC(C)Nc2ccc3c(c2)CCO3)cc1. The van der Waals surface area contributed by atoms with Crippen LogP contribution in [0.4, 0.5) is 5.69 Å². The van der Waals surface area contributed by atoms with E-state index in [0.717, 1.165) is 30.9 Å². The van der Waals surface area contributed by atoms with Crippen molar-refractivity contribution in [3.05, 3.63) is 53.6 Å². The Morgan fingerprint density at radius 1 is 1.19 bits per heavy atom. The molecule has 1 aliphatic rings. The van der Waals surface area contributed by atoms with Gasteiger partial charge in [-0.2, -0.15) is 0 Å². The third-order valence-corrected chi connectivity index (χ3v) is 3.80. The van der Waals surface area contributed by atoms with E-state index in [1.807, 2.05) is 12.1 Å². The first-order valence-corrected chi connectivity index (χ1v) is 7.40. The number of hydrogen-bond acceptors (Lipinski definition) is 3. The quantitative estimate of drug-likeness (QED) is 0.908. The Labute approximate surface area is 125 Å². The highest BCUT2D eigenvalue weighted by atomic mass is 16.5. The lowest BCUT2D eigenvalue weighted by atomic mass is 10.1. The number of hydrogen-bond donors (Lipinski definition) is 1. The summed E-state index contributed by atoms with van der Waals surface area (Å²) in [7, 11) is 1.69. The molecule has 1 N–H and O–H groups in total. The van der Waals surface area contributed by atoms with Crippen molar-refractivity contribution >= 4 is 5.69 Å². The van der Waals surface area contributed by atoms with Gasteiger partial charge in [-0.3, -0.25) is 0 Å². The lowest BCUT2D eigenvalue weighted by molar-refractivity contribution is 0.357. The van der Waals surface area contributed by atoms with Crippen LogP contribution in [0.25, 0.3) is 0 Å². The fraction of sp³-hybridized carbons (Fsp3) is 0.333. The second-order valence-corrected chi connectivity index (χ2v) is 5.52. The number of rotatable bonds is 5. The third kappa shape index (κ3) is 3.30. The fourth-order valence-electron chi connectivity index (χ4n) is 2.73. The van der Waals surface area contributed by atoms with Crippen molar-refractivity contribution in [2.45, 2.75) is 25.8 Å². The molecule has 1 aliphatic heterocycles. The summed E-state index contributed by atoms with van der Waals surface area (Å²) in [5.41, 5.74) is 3.78. The summed E-state index contributed by atoms with van der Waals surface area (Å²) in [6.45, 7) is 3.01. The second kappa shape index (κ2) is 6.08. The highest BCUT2D eigenvalue weighted by Gasteiger charge is 2.12. The Balaban J connectivity index is 1.61. The Kier molecular flexibility index (Phi) is 4.00. The summed E-state index contributed by atoms with van der Waals surface area (Å²) in [5.74, 6) is 1.93. The number of methoxy groups -OCH3 is 1. The van der Waals surface area contributed by atoms with Crippen molar-refractivity contribution in [2.75, 3.05) is 19.0 Å². The first-order chi connectivity index (χ1) is 10.2. The molecule has 0 radical (unpaired) electrons. The van der Waals surface area contributed by atoms with Crippen LogP contribution < -0.4 is 14.8 Å². The van der Waals surface area contributed by atoms with E-state index < -0.39 is 0 Å². The molecule has 1 atom stereocenters. The maximum Gasteiger partial charge on any atom is 0.122 e. The van der Waals surface area contributed by atoms with E-state index in [2.05, 4.69) is 42.6 Å². The maximum atomic E-state index is 5.54. The van der Waals surface area contributed by atoms with Gasteiger partial charge < -0.3 is 14.8 Å². The van der Waals surface area contributed by atoms with Crippen molar-refractivity contribution in [3.63, 3.8) is 0 Å². The minimum Gasteiger partial charge on any atom is -0.497 e. The predicted octanol–water partition coefficient (Wildman–Crippen LogP) is 3.67. The summed E-state index contributed by atoms with van der Waals surface area (Å²) < 4.78 is 10.7. The Bertz CT molecular complexity index is 607. The van der Waals surface area contributed by atoms with Crippen molar-refractivity contribution in [2.24, 2.45) is 0 Å². The zero-order chi connectivity index (χ0) is 14.7. The highest BCUT2D eigenvalue weighted by molar-refractivity contribution is 5.53. The molecule has 3 nitrogen and oxygen atoms in total. The van der Waals surface area contributed by atoms with Crippen molar-refractivity contribution in [1.29, 1.82) is 0 Å². The molecular formula is C18H21NO2. The van der Waals surface area contributed by atoms with E-state index in [0.29, 0.717) is 6.04 Å². The summed E-state index contributed by atoms with van der Waals surface area (Å²) in [6.07, 6.45) is 2.00. The van der Waals surface area contributed by atoms with Crippen molar-refractivity contribution < 1.29 is 9.47 Å². The van der Waals surface area contributed by atoms with Crippen LogP contribution in [0, 0.1) is 0 Å². The standard InChI is InChI=1S/C18H21NO2/c1-13(11-14-3-6-17(20-2)7-4-14)19-16-5-8-18-15(12-16)9-10-21-18/h3-8,12-13,19H,9-11H2,1-2H3. The Morgan fingerprint density at radius 2 is 2.00 bits per heavy atom. The molecule has 0 saturated carbocycles. The van der Waals surface area contributed by atoms with Gasteiger partial charge in [0.1, 0.15) is 11.5 Å². The van der Waals surface area contributed by atoms with Crippen LogP contribution in [0.1, 0.15) is 18.1 Å². The van der Waals surface area contributed by atoms with Crippen LogP contribution in [0.15, 0.2) is 42.5 Å². The molecule has 0 amide bonds. The van der Waals surface area contributed by atoms with Crippen molar-refractivity contribution in [3.8, 4) is 11.5 Å². The maximum absolute atomic E-state index is 5.54. The van der Waals surface area contributed by atoms with Gasteiger partial charge in [0.15, 0.2) is 0 Å². The van der Waals surface area contributed by atoms with Gasteiger partial charge in [0.05, 0.1) is 13.7 Å². The van der Waals surface area contributed by atoms with Crippen molar-refractivity contribution in [1.82, 2.24) is 0 Å². The second-order valence-electron chi connectivity index (χ2n) is 5.52. The minimum atomic E-state index is 0.374. The van der Waals surface area contributed by atoms with E-state index >= 15 is 0 Å². The number of ether oxygens (including phenoxy) is 2. The zero-order valence-corrected chi connectivity index (χ0v) is 12.6. The van der Waals surface area contributed by atoms with E-state index in [9.17, 15) is 0 Å². The molecular weight excluding hydrogens is 262 g/mol. The zero-order valence-electron chi connectivity index (χ0n) is 12.6. The number of nitrogens with one attached hydrogen (secondary N) is 1. The van der Waals surface area contributed by atoms with Gasteiger partial charge >= 0.3 is 0 Å². The van der Waals surface area contributed by atoms with E-state index in [-0.39, 0.29) is 0 Å². The summed E-state index contributed by atoms with van der Waals surface area (Å²) >= 11 is 0. The van der Waals surface area contributed by atoms with Crippen LogP contribution in [-0.2, 0) is 12.8 Å². The summed E-state index contributed by atoms with van der Waals surface area (Å²) in [4.78, 5) is 0. The number of fused-ring (bicyclic) bond motifs is 1. The van der Waals surface area contributed by atoms with Crippen LogP contribution in [0.2, 0.25) is 0 Å². The van der Waals surface area contributed by atoms with E-state index in [4.69, 9.17) is 9.47 Å². The lowest BCUT2D eigenvalue weighted by Crippen LogP contribution is -2.18. The Hall–Kier alpha value is -2.16. The predicted molar refractivity (Wildman–Crippen MR) is 85.4 cm³/mol. The number of benzene rings is 2. The molecule has 0 spiro atoms. The Morgan fingerprint density at radius 3 is 2.76 bits per heavy atom. The molecule has 1 unspecified atom stereocenters. The molecule has 21 heavy (non-hydrogen) atoms. The molecule has 0 bridgehead atoms. The minimum absolute atomic E-state index is 0.374.